The third-order valence-corrected chi connectivity index (χ3v) is 1.94. The normalized spacial score (nSPS) is 11.7. The van der Waals surface area contributed by atoms with Gasteiger partial charge in [0.25, 0.3) is 0 Å². The van der Waals surface area contributed by atoms with Gasteiger partial charge in [-0.05, 0) is 18.1 Å². The molecule has 0 heterocycles. The molecule has 0 saturated carbocycles. The molecule has 0 aromatic heterocycles. The van der Waals surface area contributed by atoms with Crippen LogP contribution in [-0.4, -0.2) is 5.88 Å². The summed E-state index contributed by atoms with van der Waals surface area (Å²) >= 11 is 5.45. The highest BCUT2D eigenvalue weighted by Crippen LogP contribution is 2.12. The van der Waals surface area contributed by atoms with Crippen LogP contribution in [0.25, 0.3) is 6.08 Å². The van der Waals surface area contributed by atoms with E-state index in [-0.39, 0.29) is 5.83 Å². The molecule has 0 atom stereocenters. The van der Waals surface area contributed by atoms with E-state index in [1.165, 1.54) is 0 Å². The minimum atomic E-state index is -0.105. The molecule has 0 unspecified atom stereocenters. The number of hydrogen-bond acceptors (Lipinski definition) is 0. The molecule has 0 fully saturated rings. The maximum absolute atomic E-state index is 13.1. The van der Waals surface area contributed by atoms with Crippen molar-refractivity contribution in [3.8, 4) is 0 Å². The van der Waals surface area contributed by atoms with Crippen LogP contribution in [0.5, 0.6) is 0 Å². The highest BCUT2D eigenvalue weighted by Gasteiger charge is 1.94. The van der Waals surface area contributed by atoms with Gasteiger partial charge in [-0.15, -0.1) is 11.6 Å². The minimum Gasteiger partial charge on any atom is -0.212 e. The number of benzene rings is 1. The first-order valence-electron chi connectivity index (χ1n) is 4.30. The summed E-state index contributed by atoms with van der Waals surface area (Å²) in [5.41, 5.74) is 0.898. The fourth-order valence-corrected chi connectivity index (χ4v) is 1.17. The molecule has 0 amide bonds. The maximum atomic E-state index is 13.1. The lowest BCUT2D eigenvalue weighted by molar-refractivity contribution is 0.592. The monoisotopic (exact) mass is 198 g/mol. The van der Waals surface area contributed by atoms with Gasteiger partial charge in [0.05, 0.1) is 0 Å². The highest BCUT2D eigenvalue weighted by molar-refractivity contribution is 6.17. The molecule has 0 nitrogen and oxygen atoms in total. The lowest BCUT2D eigenvalue weighted by Gasteiger charge is -1.95. The van der Waals surface area contributed by atoms with Crippen molar-refractivity contribution in [1.82, 2.24) is 0 Å². The molecule has 0 spiro atoms. The minimum absolute atomic E-state index is 0.105. The Morgan fingerprint density at radius 2 is 2.00 bits per heavy atom. The Morgan fingerprint density at radius 3 is 2.62 bits per heavy atom. The zero-order chi connectivity index (χ0) is 9.52. The predicted molar refractivity (Wildman–Crippen MR) is 55.5 cm³/mol. The van der Waals surface area contributed by atoms with E-state index >= 15 is 0 Å². The lowest BCUT2D eigenvalue weighted by Crippen LogP contribution is -1.78. The molecule has 0 bridgehead atoms. The zero-order valence-corrected chi connectivity index (χ0v) is 8.10. The fraction of sp³-hybridized carbons (Fsp3) is 0.273. The van der Waals surface area contributed by atoms with Crippen molar-refractivity contribution in [2.75, 3.05) is 5.88 Å². The average molecular weight is 199 g/mol. The van der Waals surface area contributed by atoms with Gasteiger partial charge >= 0.3 is 0 Å². The predicted octanol–water partition coefficient (Wildman–Crippen LogP) is 4.02. The second kappa shape index (κ2) is 5.76. The van der Waals surface area contributed by atoms with Crippen LogP contribution in [0.2, 0.25) is 0 Å². The summed E-state index contributed by atoms with van der Waals surface area (Å²) < 4.78 is 13.1. The van der Waals surface area contributed by atoms with Gasteiger partial charge in [-0.1, -0.05) is 30.3 Å². The smallest absolute Gasteiger partial charge is 0.101 e. The fourth-order valence-electron chi connectivity index (χ4n) is 1.04. The summed E-state index contributed by atoms with van der Waals surface area (Å²) in [4.78, 5) is 0. The summed E-state index contributed by atoms with van der Waals surface area (Å²) in [6, 6.07) is 9.44. The number of halogens is 2. The van der Waals surface area contributed by atoms with Gasteiger partial charge in [-0.3, -0.25) is 0 Å². The van der Waals surface area contributed by atoms with Crippen LogP contribution in [0, 0.1) is 0 Å². The number of allylic oxidation sites excluding steroid dienone is 1. The SMILES string of the molecule is FC(=Cc1ccccc1)CCCCl. The molecule has 70 valence electrons. The molecule has 13 heavy (non-hydrogen) atoms. The molecule has 0 N–H and O–H groups in total. The molecule has 0 aliphatic heterocycles. The number of rotatable bonds is 4. The molecule has 0 radical (unpaired) electrons. The lowest BCUT2D eigenvalue weighted by atomic mass is 10.2. The van der Waals surface area contributed by atoms with Crippen molar-refractivity contribution < 1.29 is 4.39 Å². The molecule has 0 saturated heterocycles. The van der Waals surface area contributed by atoms with Crippen molar-refractivity contribution >= 4 is 17.7 Å². The van der Waals surface area contributed by atoms with E-state index < -0.39 is 0 Å². The third kappa shape index (κ3) is 4.09. The van der Waals surface area contributed by atoms with E-state index in [1.54, 1.807) is 6.08 Å². The molecule has 0 aliphatic carbocycles. The topological polar surface area (TPSA) is 0 Å². The van der Waals surface area contributed by atoms with E-state index in [9.17, 15) is 4.39 Å². The van der Waals surface area contributed by atoms with E-state index in [2.05, 4.69) is 0 Å². The Balaban J connectivity index is 2.55. The zero-order valence-electron chi connectivity index (χ0n) is 7.34. The first kappa shape index (κ1) is 10.3. The Bertz CT molecular complexity index is 267. The van der Waals surface area contributed by atoms with Crippen LogP contribution in [0.3, 0.4) is 0 Å². The summed E-state index contributed by atoms with van der Waals surface area (Å²) in [6.45, 7) is 0. The Hall–Kier alpha value is -0.820. The van der Waals surface area contributed by atoms with Gasteiger partial charge in [0.1, 0.15) is 5.83 Å². The average Bonchev–Trinajstić information content (AvgIpc) is 2.16. The van der Waals surface area contributed by atoms with Crippen molar-refractivity contribution in [3.05, 3.63) is 41.7 Å². The maximum Gasteiger partial charge on any atom is 0.101 e. The summed E-state index contributed by atoms with van der Waals surface area (Å²) in [5, 5.41) is 0. The number of hydrogen-bond donors (Lipinski definition) is 0. The summed E-state index contributed by atoms with van der Waals surface area (Å²) in [6.07, 6.45) is 2.67. The Morgan fingerprint density at radius 1 is 1.31 bits per heavy atom. The molecule has 2 heteroatoms. The van der Waals surface area contributed by atoms with Crippen molar-refractivity contribution in [1.29, 1.82) is 0 Å². The molecule has 1 rings (SSSR count). The first-order chi connectivity index (χ1) is 6.33. The molecular weight excluding hydrogens is 187 g/mol. The summed E-state index contributed by atoms with van der Waals surface area (Å²) in [5.74, 6) is 0.405. The van der Waals surface area contributed by atoms with Crippen molar-refractivity contribution in [2.45, 2.75) is 12.8 Å². The Labute approximate surface area is 83.0 Å². The molecule has 0 aliphatic rings. The van der Waals surface area contributed by atoms with E-state index in [0.717, 1.165) is 5.56 Å². The van der Waals surface area contributed by atoms with Gasteiger partial charge in [0.2, 0.25) is 0 Å². The van der Waals surface area contributed by atoms with Crippen LogP contribution in [-0.2, 0) is 0 Å². The van der Waals surface area contributed by atoms with Crippen molar-refractivity contribution in [2.24, 2.45) is 0 Å². The Kier molecular flexibility index (Phi) is 4.55. The van der Waals surface area contributed by atoms with E-state index in [4.69, 9.17) is 11.6 Å². The van der Waals surface area contributed by atoms with Gasteiger partial charge in [-0.2, -0.15) is 0 Å². The first-order valence-corrected chi connectivity index (χ1v) is 4.83. The standard InChI is InChI=1S/C11H12ClF/c12-8-4-7-11(13)9-10-5-2-1-3-6-10/h1-3,5-6,9H,4,7-8H2. The number of alkyl halides is 1. The van der Waals surface area contributed by atoms with Gasteiger partial charge in [-0.25, -0.2) is 4.39 Å². The van der Waals surface area contributed by atoms with Crippen LogP contribution in [0.15, 0.2) is 36.2 Å². The second-order valence-corrected chi connectivity index (χ2v) is 3.17. The van der Waals surface area contributed by atoms with Crippen LogP contribution >= 0.6 is 11.6 Å². The van der Waals surface area contributed by atoms with Crippen LogP contribution < -0.4 is 0 Å². The van der Waals surface area contributed by atoms with Gasteiger partial charge < -0.3 is 0 Å². The summed E-state index contributed by atoms with van der Waals surface area (Å²) in [7, 11) is 0. The highest BCUT2D eigenvalue weighted by atomic mass is 35.5. The largest absolute Gasteiger partial charge is 0.212 e. The second-order valence-electron chi connectivity index (χ2n) is 2.79. The molecule has 1 aromatic carbocycles. The van der Waals surface area contributed by atoms with Crippen molar-refractivity contribution in [3.63, 3.8) is 0 Å². The van der Waals surface area contributed by atoms with Crippen LogP contribution in [0.1, 0.15) is 18.4 Å². The quantitative estimate of drug-likeness (QED) is 0.642. The third-order valence-electron chi connectivity index (χ3n) is 1.67. The van der Waals surface area contributed by atoms with Crippen LogP contribution in [0.4, 0.5) is 4.39 Å². The van der Waals surface area contributed by atoms with Gasteiger partial charge in [0.15, 0.2) is 0 Å². The molecule has 1 aromatic rings. The van der Waals surface area contributed by atoms with Gasteiger partial charge in [0, 0.05) is 12.3 Å². The van der Waals surface area contributed by atoms with E-state index in [1.807, 2.05) is 30.3 Å². The molecular formula is C11H12ClF. The van der Waals surface area contributed by atoms with E-state index in [0.29, 0.717) is 18.7 Å².